The lowest BCUT2D eigenvalue weighted by atomic mass is 10.1. The Morgan fingerprint density at radius 1 is 1.42 bits per heavy atom. The predicted octanol–water partition coefficient (Wildman–Crippen LogP) is 0.378. The van der Waals surface area contributed by atoms with Crippen molar-refractivity contribution in [1.29, 1.82) is 0 Å². The molecule has 2 rings (SSSR count). The summed E-state index contributed by atoms with van der Waals surface area (Å²) < 4.78 is 20.7. The number of rotatable bonds is 3. The number of fused-ring (bicyclic) bond motifs is 1. The summed E-state index contributed by atoms with van der Waals surface area (Å²) in [5.41, 5.74) is 0. The zero-order valence-corrected chi connectivity index (χ0v) is 7.54. The summed E-state index contributed by atoms with van der Waals surface area (Å²) in [6.45, 7) is 1.56. The maximum atomic E-state index is 5.46. The van der Waals surface area contributed by atoms with Gasteiger partial charge in [0.05, 0.1) is 12.7 Å². The van der Waals surface area contributed by atoms with E-state index in [1.165, 1.54) is 0 Å². The highest BCUT2D eigenvalue weighted by atomic mass is 32.1. The molecule has 2 heterocycles. The average molecular weight is 192 g/mol. The summed E-state index contributed by atoms with van der Waals surface area (Å²) in [6.07, 6.45) is 1.33. The molecule has 0 aliphatic carbocycles. The molecule has 70 valence electrons. The zero-order valence-electron chi connectivity index (χ0n) is 6.64. The van der Waals surface area contributed by atoms with Gasteiger partial charge in [-0.15, -0.1) is 0 Å². The van der Waals surface area contributed by atoms with Gasteiger partial charge in [0.25, 0.3) is 0 Å². The van der Waals surface area contributed by atoms with Crippen LogP contribution in [0.2, 0.25) is 0 Å². The zero-order chi connectivity index (χ0) is 8.39. The second-order valence-electron chi connectivity index (χ2n) is 2.95. The van der Waals surface area contributed by atoms with Crippen molar-refractivity contribution in [3.05, 3.63) is 0 Å². The Morgan fingerprint density at radius 3 is 3.17 bits per heavy atom. The van der Waals surface area contributed by atoms with Crippen LogP contribution in [-0.4, -0.2) is 38.3 Å². The Kier molecular flexibility index (Phi) is 2.87. The molecule has 2 aliphatic rings. The largest absolute Gasteiger partial charge is 0.373 e. The summed E-state index contributed by atoms with van der Waals surface area (Å²) in [6, 6.07) is 0. The minimum atomic E-state index is 0.0182. The number of thiol groups is 1. The third-order valence-corrected chi connectivity index (χ3v) is 2.36. The molecule has 0 amide bonds. The van der Waals surface area contributed by atoms with E-state index in [9.17, 15) is 0 Å². The minimum absolute atomic E-state index is 0.0182. The normalized spacial score (nSPS) is 40.2. The Hall–Kier alpha value is 0.190. The van der Waals surface area contributed by atoms with Gasteiger partial charge in [0.2, 0.25) is 0 Å². The van der Waals surface area contributed by atoms with Gasteiger partial charge >= 0.3 is 0 Å². The first-order valence-electron chi connectivity index (χ1n) is 4.03. The quantitative estimate of drug-likeness (QED) is 0.398. The van der Waals surface area contributed by atoms with Crippen molar-refractivity contribution in [1.82, 2.24) is 0 Å². The van der Waals surface area contributed by atoms with Gasteiger partial charge in [-0.2, -0.15) is 0 Å². The second kappa shape index (κ2) is 3.93. The standard InChI is InChI=1S/C7H12O4S/c12-11-4-10-6-3-9-5-1-2-8-7(5)6/h5-7,12H,1-4H2/t5-,6+,7+/m1/s1. The molecule has 12 heavy (non-hydrogen) atoms. The topological polar surface area (TPSA) is 36.9 Å². The molecule has 2 aliphatic heterocycles. The number of hydrogen-bond acceptors (Lipinski definition) is 5. The van der Waals surface area contributed by atoms with E-state index in [0.717, 1.165) is 13.0 Å². The first-order chi connectivity index (χ1) is 5.92. The molecule has 3 atom stereocenters. The summed E-state index contributed by atoms with van der Waals surface area (Å²) in [5, 5.41) is 0. The SMILES string of the molecule is SOCO[C@H]1CO[C@@H]2CCO[C@H]12. The monoisotopic (exact) mass is 192 g/mol. The van der Waals surface area contributed by atoms with Crippen LogP contribution in [-0.2, 0) is 18.4 Å². The van der Waals surface area contributed by atoms with E-state index in [1.807, 2.05) is 0 Å². The molecule has 0 aromatic heterocycles. The maximum absolute atomic E-state index is 5.46. The lowest BCUT2D eigenvalue weighted by molar-refractivity contribution is -0.0748. The lowest BCUT2D eigenvalue weighted by Gasteiger charge is -2.15. The Morgan fingerprint density at radius 2 is 2.33 bits per heavy atom. The van der Waals surface area contributed by atoms with Gasteiger partial charge in [-0.3, -0.25) is 4.18 Å². The van der Waals surface area contributed by atoms with Crippen LogP contribution in [0.4, 0.5) is 0 Å². The third-order valence-electron chi connectivity index (χ3n) is 2.25. The van der Waals surface area contributed by atoms with Crippen LogP contribution in [0, 0.1) is 0 Å². The van der Waals surface area contributed by atoms with E-state index in [4.69, 9.17) is 14.2 Å². The van der Waals surface area contributed by atoms with Gasteiger partial charge in [0.15, 0.2) is 6.79 Å². The van der Waals surface area contributed by atoms with E-state index in [2.05, 4.69) is 17.1 Å². The van der Waals surface area contributed by atoms with Crippen molar-refractivity contribution in [3.8, 4) is 0 Å². The number of ether oxygens (including phenoxy) is 3. The van der Waals surface area contributed by atoms with Gasteiger partial charge in [0, 0.05) is 6.61 Å². The summed E-state index contributed by atoms with van der Waals surface area (Å²) in [5.74, 6) is 0. The average Bonchev–Trinajstić information content (AvgIpc) is 2.62. The van der Waals surface area contributed by atoms with Gasteiger partial charge in [0.1, 0.15) is 12.2 Å². The molecule has 0 saturated carbocycles. The van der Waals surface area contributed by atoms with Crippen LogP contribution in [0.25, 0.3) is 0 Å². The molecular formula is C7H12O4S. The fraction of sp³-hybridized carbons (Fsp3) is 1.00. The Labute approximate surface area is 76.7 Å². The van der Waals surface area contributed by atoms with E-state index < -0.39 is 0 Å². The maximum Gasteiger partial charge on any atom is 0.160 e. The van der Waals surface area contributed by atoms with Gasteiger partial charge < -0.3 is 14.2 Å². The summed E-state index contributed by atoms with van der Waals surface area (Å²) in [4.78, 5) is 0. The fourth-order valence-corrected chi connectivity index (χ4v) is 1.75. The summed E-state index contributed by atoms with van der Waals surface area (Å²) >= 11 is 3.58. The lowest BCUT2D eigenvalue weighted by Crippen LogP contribution is -2.30. The first-order valence-corrected chi connectivity index (χ1v) is 4.39. The molecule has 5 heteroatoms. The van der Waals surface area contributed by atoms with E-state index >= 15 is 0 Å². The van der Waals surface area contributed by atoms with E-state index in [1.54, 1.807) is 0 Å². The van der Waals surface area contributed by atoms with Crippen LogP contribution in [0.1, 0.15) is 6.42 Å². The van der Waals surface area contributed by atoms with Crippen molar-refractivity contribution < 1.29 is 18.4 Å². The highest BCUT2D eigenvalue weighted by Crippen LogP contribution is 2.28. The molecule has 0 unspecified atom stereocenters. The van der Waals surface area contributed by atoms with Crippen molar-refractivity contribution >= 4 is 12.9 Å². The molecule has 2 fully saturated rings. The molecule has 0 aromatic rings. The van der Waals surface area contributed by atoms with Crippen LogP contribution < -0.4 is 0 Å². The van der Waals surface area contributed by atoms with Crippen molar-refractivity contribution in [2.24, 2.45) is 0 Å². The van der Waals surface area contributed by atoms with Crippen molar-refractivity contribution in [2.75, 3.05) is 20.0 Å². The Bertz CT molecular complexity index is 154. The highest BCUT2D eigenvalue weighted by Gasteiger charge is 2.42. The highest BCUT2D eigenvalue weighted by molar-refractivity contribution is 7.75. The molecule has 2 saturated heterocycles. The van der Waals surface area contributed by atoms with Gasteiger partial charge in [-0.05, 0) is 19.3 Å². The van der Waals surface area contributed by atoms with E-state index in [-0.39, 0.29) is 25.1 Å². The minimum Gasteiger partial charge on any atom is -0.373 e. The van der Waals surface area contributed by atoms with Crippen LogP contribution >= 0.6 is 12.9 Å². The summed E-state index contributed by atoms with van der Waals surface area (Å²) in [7, 11) is 0. The van der Waals surface area contributed by atoms with Crippen LogP contribution in [0.5, 0.6) is 0 Å². The van der Waals surface area contributed by atoms with Gasteiger partial charge in [-0.1, -0.05) is 0 Å². The van der Waals surface area contributed by atoms with Crippen molar-refractivity contribution in [2.45, 2.75) is 24.7 Å². The molecular weight excluding hydrogens is 180 g/mol. The number of hydrogen-bond donors (Lipinski definition) is 1. The van der Waals surface area contributed by atoms with Gasteiger partial charge in [-0.25, -0.2) is 0 Å². The molecule has 0 aromatic carbocycles. The van der Waals surface area contributed by atoms with Crippen LogP contribution in [0.15, 0.2) is 0 Å². The first kappa shape index (κ1) is 8.77. The second-order valence-corrected chi connectivity index (χ2v) is 3.21. The molecule has 0 N–H and O–H groups in total. The third kappa shape index (κ3) is 1.60. The molecule has 0 radical (unpaired) electrons. The Balaban J connectivity index is 1.83. The fourth-order valence-electron chi connectivity index (χ4n) is 1.69. The molecule has 0 spiro atoms. The van der Waals surface area contributed by atoms with E-state index in [0.29, 0.717) is 6.61 Å². The van der Waals surface area contributed by atoms with Crippen LogP contribution in [0.3, 0.4) is 0 Å². The van der Waals surface area contributed by atoms with Crippen molar-refractivity contribution in [3.63, 3.8) is 0 Å². The predicted molar refractivity (Wildman–Crippen MR) is 43.9 cm³/mol. The smallest absolute Gasteiger partial charge is 0.160 e. The molecule has 0 bridgehead atoms. The molecule has 4 nitrogen and oxygen atoms in total.